The molecule has 0 bridgehead atoms. The van der Waals surface area contributed by atoms with Crippen molar-refractivity contribution in [3.63, 3.8) is 0 Å². The summed E-state index contributed by atoms with van der Waals surface area (Å²) in [5.74, 6) is -2.32. The second-order valence-electron chi connectivity index (χ2n) is 10.2. The monoisotopic (exact) mass is 502 g/mol. The molecule has 196 valence electrons. The molecule has 0 saturated carbocycles. The average Bonchev–Trinajstić information content (AvgIpc) is 3.17. The van der Waals surface area contributed by atoms with Crippen molar-refractivity contribution in [1.82, 2.24) is 9.80 Å². The first-order chi connectivity index (χ1) is 16.4. The number of benzene rings is 1. The smallest absolute Gasteiger partial charge is 0.475 e. The lowest BCUT2D eigenvalue weighted by molar-refractivity contribution is -0.192. The van der Waals surface area contributed by atoms with Crippen molar-refractivity contribution in [1.29, 1.82) is 0 Å². The first-order valence-electron chi connectivity index (χ1n) is 12.1. The summed E-state index contributed by atoms with van der Waals surface area (Å²) in [5.41, 5.74) is 1.26. The second-order valence-corrected chi connectivity index (χ2v) is 10.2. The topological polar surface area (TPSA) is 70.1 Å². The lowest BCUT2D eigenvalue weighted by Gasteiger charge is -2.38. The summed E-state index contributed by atoms with van der Waals surface area (Å²) in [5, 5.41) is 7.12. The Labute approximate surface area is 203 Å². The molecule has 1 aromatic carbocycles. The summed E-state index contributed by atoms with van der Waals surface area (Å²) in [7, 11) is 0. The van der Waals surface area contributed by atoms with Crippen LogP contribution in [0.3, 0.4) is 0 Å². The van der Waals surface area contributed by atoms with E-state index in [1.165, 1.54) is 32.0 Å². The fraction of sp³-hybridized carbons (Fsp3) is 0.680. The van der Waals surface area contributed by atoms with E-state index in [2.05, 4.69) is 11.8 Å². The molecule has 3 aliphatic heterocycles. The fourth-order valence-corrected chi connectivity index (χ4v) is 5.19. The molecule has 10 heteroatoms. The highest BCUT2D eigenvalue weighted by Crippen LogP contribution is 2.42. The van der Waals surface area contributed by atoms with Crippen LogP contribution in [0.4, 0.5) is 17.6 Å². The van der Waals surface area contributed by atoms with Crippen LogP contribution in [-0.4, -0.2) is 78.4 Å². The van der Waals surface area contributed by atoms with Crippen LogP contribution in [0.5, 0.6) is 0 Å². The van der Waals surface area contributed by atoms with E-state index in [0.29, 0.717) is 17.2 Å². The molecule has 3 heterocycles. The number of nitrogens with zero attached hydrogens (tertiary/aromatic N) is 2. The van der Waals surface area contributed by atoms with E-state index in [1.54, 1.807) is 19.1 Å². The molecule has 3 aliphatic rings. The molecule has 3 fully saturated rings. The zero-order valence-corrected chi connectivity index (χ0v) is 20.2. The second kappa shape index (κ2) is 11.2. The van der Waals surface area contributed by atoms with Crippen LogP contribution in [0.25, 0.3) is 0 Å². The minimum atomic E-state index is -5.08. The third-order valence-electron chi connectivity index (χ3n) is 7.26. The van der Waals surface area contributed by atoms with Gasteiger partial charge in [0.15, 0.2) is 0 Å². The molecule has 2 atom stereocenters. The Hall–Kier alpha value is -2.20. The molecular formula is C25H34F4N2O4. The predicted molar refractivity (Wildman–Crippen MR) is 122 cm³/mol. The lowest BCUT2D eigenvalue weighted by atomic mass is 9.76. The molecule has 0 aromatic heterocycles. The van der Waals surface area contributed by atoms with Gasteiger partial charge >= 0.3 is 12.1 Å². The number of rotatable bonds is 3. The van der Waals surface area contributed by atoms with E-state index in [4.69, 9.17) is 14.6 Å². The van der Waals surface area contributed by atoms with E-state index in [1.807, 2.05) is 4.90 Å². The molecule has 0 aliphatic carbocycles. The van der Waals surface area contributed by atoms with Crippen molar-refractivity contribution >= 4 is 11.9 Å². The molecular weight excluding hydrogens is 468 g/mol. The third kappa shape index (κ3) is 7.39. The summed E-state index contributed by atoms with van der Waals surface area (Å²) in [6.45, 7) is 9.82. The Morgan fingerprint density at radius 2 is 1.86 bits per heavy atom. The number of hydrogen-bond acceptors (Lipinski definition) is 4. The van der Waals surface area contributed by atoms with Gasteiger partial charge in [0.05, 0.1) is 12.7 Å². The molecule has 6 nitrogen and oxygen atoms in total. The Bertz CT molecular complexity index is 900. The maximum absolute atomic E-state index is 13.8. The van der Waals surface area contributed by atoms with Crippen molar-refractivity contribution < 1.29 is 37.0 Å². The maximum atomic E-state index is 13.8. The van der Waals surface area contributed by atoms with Gasteiger partial charge in [-0.2, -0.15) is 13.2 Å². The van der Waals surface area contributed by atoms with Crippen molar-refractivity contribution in [3.05, 3.63) is 35.1 Å². The Morgan fingerprint density at radius 1 is 1.20 bits per heavy atom. The number of carbonyl (C=O) groups excluding carboxylic acids is 1. The predicted octanol–water partition coefficient (Wildman–Crippen LogP) is 4.51. The van der Waals surface area contributed by atoms with Crippen LogP contribution in [0.1, 0.15) is 54.9 Å². The highest BCUT2D eigenvalue weighted by atomic mass is 19.4. The lowest BCUT2D eigenvalue weighted by Crippen LogP contribution is -2.44. The Morgan fingerprint density at radius 3 is 2.43 bits per heavy atom. The minimum Gasteiger partial charge on any atom is -0.475 e. The van der Waals surface area contributed by atoms with Crippen LogP contribution < -0.4 is 0 Å². The Kier molecular flexibility index (Phi) is 8.80. The van der Waals surface area contributed by atoms with Crippen LogP contribution in [0, 0.1) is 24.1 Å². The van der Waals surface area contributed by atoms with Gasteiger partial charge in [-0.25, -0.2) is 9.18 Å². The normalized spacial score (nSPS) is 24.7. The largest absolute Gasteiger partial charge is 0.490 e. The molecule has 1 N–H and O–H groups in total. The molecule has 4 rings (SSSR count). The quantitative estimate of drug-likeness (QED) is 0.616. The molecule has 1 amide bonds. The van der Waals surface area contributed by atoms with Gasteiger partial charge < -0.3 is 19.6 Å². The number of carboxylic acid groups (broad SMARTS) is 1. The van der Waals surface area contributed by atoms with E-state index in [0.717, 1.165) is 51.4 Å². The first kappa shape index (κ1) is 27.4. The summed E-state index contributed by atoms with van der Waals surface area (Å²) in [4.78, 5) is 26.1. The number of aryl methyl sites for hydroxylation is 1. The number of halogens is 4. The maximum Gasteiger partial charge on any atom is 0.490 e. The standard InChI is InChI=1S/C23H33FN2O2.C2HF3O2/c1-17-4-3-9-25(14-17)15-20-13-23(16-28-20)7-10-26(11-8-23)22(27)19-6-5-18(2)21(24)12-19;3-2(4,5)1(6)7/h5-6,12,17,20H,3-4,7-11,13-16H2,1-2H3;(H,6,7). The average molecular weight is 503 g/mol. The number of aliphatic carboxylic acids is 1. The SMILES string of the molecule is Cc1ccc(C(=O)N2CCC3(CC2)COC(CN2CCCC(C)C2)C3)cc1F.O=C(O)C(F)(F)F. The summed E-state index contributed by atoms with van der Waals surface area (Å²) in [6, 6.07) is 4.79. The van der Waals surface area contributed by atoms with Crippen LogP contribution >= 0.6 is 0 Å². The van der Waals surface area contributed by atoms with E-state index in [9.17, 15) is 22.4 Å². The molecule has 35 heavy (non-hydrogen) atoms. The first-order valence-corrected chi connectivity index (χ1v) is 12.1. The Balaban J connectivity index is 0.000000429. The zero-order valence-electron chi connectivity index (χ0n) is 20.2. The van der Waals surface area contributed by atoms with Gasteiger partial charge in [-0.05, 0) is 74.6 Å². The van der Waals surface area contributed by atoms with Crippen molar-refractivity contribution in [3.8, 4) is 0 Å². The number of carboxylic acids is 1. The zero-order chi connectivity index (χ0) is 25.8. The molecule has 1 aromatic rings. The summed E-state index contributed by atoms with van der Waals surface area (Å²) in [6.07, 6.45) is 0.980. The van der Waals surface area contributed by atoms with Gasteiger partial charge in [0.25, 0.3) is 5.91 Å². The number of ether oxygens (including phenoxy) is 1. The van der Waals surface area contributed by atoms with Crippen LogP contribution in [-0.2, 0) is 9.53 Å². The van der Waals surface area contributed by atoms with Crippen LogP contribution in [0.2, 0.25) is 0 Å². The van der Waals surface area contributed by atoms with Gasteiger partial charge in [-0.3, -0.25) is 4.79 Å². The van der Waals surface area contributed by atoms with Crippen molar-refractivity contribution in [2.24, 2.45) is 11.3 Å². The number of hydrogen-bond donors (Lipinski definition) is 1. The molecule has 2 unspecified atom stereocenters. The van der Waals surface area contributed by atoms with E-state index < -0.39 is 12.1 Å². The number of alkyl halides is 3. The van der Waals surface area contributed by atoms with Crippen molar-refractivity contribution in [2.45, 2.75) is 58.2 Å². The van der Waals surface area contributed by atoms with E-state index in [-0.39, 0.29) is 17.1 Å². The highest BCUT2D eigenvalue weighted by Gasteiger charge is 2.43. The van der Waals surface area contributed by atoms with Gasteiger partial charge in [0.1, 0.15) is 5.82 Å². The number of carbonyl (C=O) groups is 2. The van der Waals surface area contributed by atoms with Crippen LogP contribution in [0.15, 0.2) is 18.2 Å². The van der Waals surface area contributed by atoms with Gasteiger partial charge in [-0.15, -0.1) is 0 Å². The van der Waals surface area contributed by atoms with E-state index >= 15 is 0 Å². The number of piperidine rings is 2. The number of amides is 1. The molecule has 0 radical (unpaired) electrons. The molecule has 3 saturated heterocycles. The third-order valence-corrected chi connectivity index (χ3v) is 7.26. The van der Waals surface area contributed by atoms with Gasteiger partial charge in [0, 0.05) is 31.7 Å². The number of likely N-dealkylation sites (tertiary alicyclic amines) is 2. The van der Waals surface area contributed by atoms with Gasteiger partial charge in [-0.1, -0.05) is 13.0 Å². The van der Waals surface area contributed by atoms with Gasteiger partial charge in [0.2, 0.25) is 0 Å². The summed E-state index contributed by atoms with van der Waals surface area (Å²) >= 11 is 0. The van der Waals surface area contributed by atoms with Crippen molar-refractivity contribution in [2.75, 3.05) is 39.3 Å². The molecule has 1 spiro atoms. The fourth-order valence-electron chi connectivity index (χ4n) is 5.19. The summed E-state index contributed by atoms with van der Waals surface area (Å²) < 4.78 is 51.8. The minimum absolute atomic E-state index is 0.0495. The highest BCUT2D eigenvalue weighted by molar-refractivity contribution is 5.94.